The van der Waals surface area contributed by atoms with Crippen LogP contribution in [-0.2, 0) is 19.1 Å². The Hall–Kier alpha value is -3.61. The third-order valence-corrected chi connectivity index (χ3v) is 5.54. The predicted octanol–water partition coefficient (Wildman–Crippen LogP) is 6.72. The van der Waals surface area contributed by atoms with Gasteiger partial charge in [-0.2, -0.15) is 18.3 Å². The molecule has 33 heavy (non-hydrogen) atoms. The number of aromatic nitrogens is 2. The second kappa shape index (κ2) is 9.90. The fourth-order valence-electron chi connectivity index (χ4n) is 3.73. The van der Waals surface area contributed by atoms with E-state index in [4.69, 9.17) is 0 Å². The highest BCUT2D eigenvalue weighted by Crippen LogP contribution is 2.34. The lowest BCUT2D eigenvalue weighted by molar-refractivity contribution is -0.137. The van der Waals surface area contributed by atoms with Crippen LogP contribution in [0.1, 0.15) is 42.0 Å². The predicted molar refractivity (Wildman–Crippen MR) is 126 cm³/mol. The van der Waals surface area contributed by atoms with Crippen molar-refractivity contribution in [1.82, 2.24) is 15.4 Å². The zero-order valence-electron chi connectivity index (χ0n) is 18.3. The number of alkyl halides is 3. The topological polar surface area (TPSA) is 53.1 Å². The number of hydrazone groups is 1. The maximum absolute atomic E-state index is 13.0. The maximum atomic E-state index is 13.0. The highest BCUT2D eigenvalue weighted by Gasteiger charge is 2.30. The number of aromatic amines is 1. The van der Waals surface area contributed by atoms with Crippen LogP contribution in [-0.4, -0.2) is 16.2 Å². The van der Waals surface area contributed by atoms with E-state index in [9.17, 15) is 13.2 Å². The molecule has 0 radical (unpaired) electrons. The lowest BCUT2D eigenvalue weighted by Gasteiger charge is -2.08. The van der Waals surface area contributed by atoms with Gasteiger partial charge in [-0.15, -0.1) is 0 Å². The molecular formula is C26H25F3N4. The molecule has 0 aliphatic carbocycles. The molecule has 2 N–H and O–H groups in total. The molecule has 0 saturated carbocycles. The first-order valence-electron chi connectivity index (χ1n) is 10.9. The first kappa shape index (κ1) is 22.6. The molecule has 4 rings (SSSR count). The first-order chi connectivity index (χ1) is 16.0. The number of nitrogens with zero attached hydrogens (tertiary/aromatic N) is 2. The van der Waals surface area contributed by atoms with Gasteiger partial charge in [-0.25, -0.2) is 0 Å². The van der Waals surface area contributed by atoms with Gasteiger partial charge in [0, 0.05) is 28.9 Å². The van der Waals surface area contributed by atoms with Gasteiger partial charge in [-0.3, -0.25) is 4.98 Å². The number of hydrogen-bond acceptors (Lipinski definition) is 3. The fraction of sp³-hybridized carbons (Fsp3) is 0.231. The van der Waals surface area contributed by atoms with Gasteiger partial charge in [0.1, 0.15) is 0 Å². The van der Waals surface area contributed by atoms with Crippen LogP contribution in [0, 0.1) is 0 Å². The van der Waals surface area contributed by atoms with Crippen molar-refractivity contribution in [2.45, 2.75) is 38.9 Å². The Morgan fingerprint density at radius 3 is 2.45 bits per heavy atom. The Bertz CT molecular complexity index is 1230. The molecule has 0 unspecified atom stereocenters. The third-order valence-electron chi connectivity index (χ3n) is 5.54. The molecule has 2 aromatic carbocycles. The number of pyridine rings is 1. The van der Waals surface area contributed by atoms with Crippen LogP contribution in [0.15, 0.2) is 72.1 Å². The van der Waals surface area contributed by atoms with E-state index in [-0.39, 0.29) is 0 Å². The molecule has 7 heteroatoms. The van der Waals surface area contributed by atoms with E-state index in [1.165, 1.54) is 17.7 Å². The molecule has 0 spiro atoms. The second-order valence-electron chi connectivity index (χ2n) is 7.92. The van der Waals surface area contributed by atoms with Crippen molar-refractivity contribution >= 4 is 17.1 Å². The molecule has 0 amide bonds. The van der Waals surface area contributed by atoms with E-state index < -0.39 is 11.7 Å². The maximum Gasteiger partial charge on any atom is 0.416 e. The van der Waals surface area contributed by atoms with Gasteiger partial charge in [0.2, 0.25) is 0 Å². The van der Waals surface area contributed by atoms with Crippen LogP contribution in [0.25, 0.3) is 22.2 Å². The average Bonchev–Trinajstić information content (AvgIpc) is 3.18. The summed E-state index contributed by atoms with van der Waals surface area (Å²) in [6.07, 6.45) is 3.99. The summed E-state index contributed by atoms with van der Waals surface area (Å²) < 4.78 is 39.1. The molecular weight excluding hydrogens is 425 g/mol. The summed E-state index contributed by atoms with van der Waals surface area (Å²) >= 11 is 0. The highest BCUT2D eigenvalue weighted by molar-refractivity contribution is 6.06. The van der Waals surface area contributed by atoms with Crippen molar-refractivity contribution in [3.63, 3.8) is 0 Å². The van der Waals surface area contributed by atoms with E-state index >= 15 is 0 Å². The Morgan fingerprint density at radius 2 is 1.76 bits per heavy atom. The normalized spacial score (nSPS) is 12.0. The lowest BCUT2D eigenvalue weighted by atomic mass is 10.0. The number of halogens is 3. The number of aryl methyl sites for hydroxylation is 1. The van der Waals surface area contributed by atoms with E-state index in [1.807, 2.05) is 18.2 Å². The summed E-state index contributed by atoms with van der Waals surface area (Å²) in [4.78, 5) is 7.38. The molecule has 0 fully saturated rings. The summed E-state index contributed by atoms with van der Waals surface area (Å²) in [6.45, 7) is 2.70. The van der Waals surface area contributed by atoms with Crippen molar-refractivity contribution in [2.75, 3.05) is 0 Å². The molecule has 0 aliphatic heterocycles. The van der Waals surface area contributed by atoms with Crippen LogP contribution in [0.5, 0.6) is 0 Å². The first-order valence-corrected chi connectivity index (χ1v) is 10.9. The third kappa shape index (κ3) is 5.42. The minimum absolute atomic E-state index is 0.540. The minimum Gasteiger partial charge on any atom is -0.354 e. The van der Waals surface area contributed by atoms with Crippen LogP contribution >= 0.6 is 0 Å². The molecule has 0 bridgehead atoms. The fourth-order valence-corrected chi connectivity index (χ4v) is 3.73. The highest BCUT2D eigenvalue weighted by atomic mass is 19.4. The molecule has 0 aliphatic rings. The van der Waals surface area contributed by atoms with Crippen LogP contribution in [0.3, 0.4) is 0 Å². The van der Waals surface area contributed by atoms with Crippen molar-refractivity contribution in [3.05, 3.63) is 89.2 Å². The number of rotatable bonds is 8. The van der Waals surface area contributed by atoms with Crippen molar-refractivity contribution in [3.8, 4) is 11.3 Å². The summed E-state index contributed by atoms with van der Waals surface area (Å²) in [5, 5.41) is 5.39. The molecule has 170 valence electrons. The Balaban J connectivity index is 1.69. The molecule has 4 nitrogen and oxygen atoms in total. The molecule has 2 heterocycles. The monoisotopic (exact) mass is 450 g/mol. The van der Waals surface area contributed by atoms with Crippen LogP contribution < -0.4 is 5.43 Å². The van der Waals surface area contributed by atoms with E-state index in [0.29, 0.717) is 12.1 Å². The summed E-state index contributed by atoms with van der Waals surface area (Å²) in [5.74, 6) is 0. The largest absolute Gasteiger partial charge is 0.416 e. The van der Waals surface area contributed by atoms with Gasteiger partial charge in [-0.05, 0) is 65.9 Å². The SMILES string of the molecule is CCCCc1ccc2[nH]c(-c3ccc(C(F)(F)F)cc3)c(C=NNCc3ccncc3)c2c1. The van der Waals surface area contributed by atoms with Gasteiger partial charge in [0.25, 0.3) is 0 Å². The van der Waals surface area contributed by atoms with Crippen LogP contribution in [0.4, 0.5) is 13.2 Å². The number of benzene rings is 2. The smallest absolute Gasteiger partial charge is 0.354 e. The Kier molecular flexibility index (Phi) is 6.77. The van der Waals surface area contributed by atoms with E-state index in [1.54, 1.807) is 18.6 Å². The average molecular weight is 451 g/mol. The van der Waals surface area contributed by atoms with Gasteiger partial charge >= 0.3 is 6.18 Å². The molecule has 4 aromatic rings. The number of nitrogens with one attached hydrogen (secondary N) is 2. The summed E-state index contributed by atoms with van der Waals surface area (Å²) in [7, 11) is 0. The Morgan fingerprint density at radius 1 is 1.00 bits per heavy atom. The Labute approximate surface area is 190 Å². The number of hydrogen-bond donors (Lipinski definition) is 2. The minimum atomic E-state index is -4.37. The zero-order chi connectivity index (χ0) is 23.3. The molecule has 2 aromatic heterocycles. The van der Waals surface area contributed by atoms with Crippen molar-refractivity contribution < 1.29 is 13.2 Å². The number of unbranched alkanes of at least 4 members (excludes halogenated alkanes) is 1. The van der Waals surface area contributed by atoms with Crippen LogP contribution in [0.2, 0.25) is 0 Å². The van der Waals surface area contributed by atoms with E-state index in [2.05, 4.69) is 39.6 Å². The van der Waals surface area contributed by atoms with Crippen molar-refractivity contribution in [1.29, 1.82) is 0 Å². The quantitative estimate of drug-likeness (QED) is 0.231. The number of H-pyrrole nitrogens is 1. The summed E-state index contributed by atoms with van der Waals surface area (Å²) in [6, 6.07) is 15.3. The number of fused-ring (bicyclic) bond motifs is 1. The zero-order valence-corrected chi connectivity index (χ0v) is 18.3. The van der Waals surface area contributed by atoms with Gasteiger partial charge in [0.05, 0.1) is 24.0 Å². The summed E-state index contributed by atoms with van der Waals surface area (Å²) in [5.41, 5.74) is 7.81. The van der Waals surface area contributed by atoms with Gasteiger partial charge in [-0.1, -0.05) is 31.5 Å². The molecule has 0 atom stereocenters. The second-order valence-corrected chi connectivity index (χ2v) is 7.92. The van der Waals surface area contributed by atoms with Gasteiger partial charge < -0.3 is 10.4 Å². The van der Waals surface area contributed by atoms with E-state index in [0.717, 1.165) is 59.1 Å². The standard InChI is InChI=1S/C26H25F3N4/c1-2-3-4-18-5-10-24-22(15-18)23(17-32-31-16-19-11-13-30-14-12-19)25(33-24)20-6-8-21(9-7-20)26(27,28)29/h5-15,17,31,33H,2-4,16H2,1H3. The lowest BCUT2D eigenvalue weighted by Crippen LogP contribution is -2.05. The van der Waals surface area contributed by atoms with Crippen molar-refractivity contribution in [2.24, 2.45) is 5.10 Å². The molecule has 0 saturated heterocycles. The van der Waals surface area contributed by atoms with Gasteiger partial charge in [0.15, 0.2) is 0 Å².